The van der Waals surface area contributed by atoms with Crippen LogP contribution in [0.15, 0.2) is 11.6 Å². The van der Waals surface area contributed by atoms with Gasteiger partial charge in [0.1, 0.15) is 6.10 Å². The summed E-state index contributed by atoms with van der Waals surface area (Å²) in [6, 6.07) is 0. The average molecular weight is 415 g/mol. The minimum absolute atomic E-state index is 0.114. The van der Waals surface area contributed by atoms with Crippen LogP contribution >= 0.6 is 0 Å². The molecule has 3 fully saturated rings. The minimum atomic E-state index is -0.114. The first-order valence-electron chi connectivity index (χ1n) is 13.0. The van der Waals surface area contributed by atoms with Gasteiger partial charge in [-0.05, 0) is 84.9 Å². The lowest BCUT2D eigenvalue weighted by atomic mass is 9.53. The van der Waals surface area contributed by atoms with Gasteiger partial charge in [-0.3, -0.25) is 4.79 Å². The first-order valence-corrected chi connectivity index (χ1v) is 13.0. The molecule has 3 saturated carbocycles. The summed E-state index contributed by atoms with van der Waals surface area (Å²) in [5.74, 6) is 4.98. The maximum absolute atomic E-state index is 11.5. The van der Waals surface area contributed by atoms with Gasteiger partial charge in [0.15, 0.2) is 0 Å². The third-order valence-corrected chi connectivity index (χ3v) is 10.2. The highest BCUT2D eigenvalue weighted by Crippen LogP contribution is 2.68. The summed E-state index contributed by atoms with van der Waals surface area (Å²) in [4.78, 5) is 11.5. The molecule has 4 aliphatic rings. The number of hydrogen-bond donors (Lipinski definition) is 0. The van der Waals surface area contributed by atoms with Crippen molar-refractivity contribution < 1.29 is 9.53 Å². The van der Waals surface area contributed by atoms with E-state index in [1.807, 2.05) is 0 Å². The Kier molecular flexibility index (Phi) is 6.19. The molecule has 0 saturated heterocycles. The molecule has 0 unspecified atom stereocenters. The van der Waals surface area contributed by atoms with Crippen molar-refractivity contribution in [2.75, 3.05) is 0 Å². The van der Waals surface area contributed by atoms with Gasteiger partial charge in [0.25, 0.3) is 0 Å². The van der Waals surface area contributed by atoms with Gasteiger partial charge < -0.3 is 4.74 Å². The topological polar surface area (TPSA) is 26.3 Å². The van der Waals surface area contributed by atoms with E-state index in [4.69, 9.17) is 4.74 Å². The highest BCUT2D eigenvalue weighted by atomic mass is 16.5. The van der Waals surface area contributed by atoms with Gasteiger partial charge in [-0.2, -0.15) is 0 Å². The number of ether oxygens (including phenoxy) is 1. The van der Waals surface area contributed by atoms with Crippen LogP contribution in [0.2, 0.25) is 0 Å². The average Bonchev–Trinajstić information content (AvgIpc) is 3.15. The number of esters is 1. The van der Waals surface area contributed by atoms with Gasteiger partial charge in [-0.25, -0.2) is 0 Å². The van der Waals surface area contributed by atoms with Crippen LogP contribution in [0.25, 0.3) is 0 Å². The van der Waals surface area contributed by atoms with Crippen molar-refractivity contribution >= 4 is 5.97 Å². The summed E-state index contributed by atoms with van der Waals surface area (Å²) in [7, 11) is 0. The second-order valence-electron chi connectivity index (χ2n) is 12.4. The molecule has 4 rings (SSSR count). The predicted molar refractivity (Wildman–Crippen MR) is 124 cm³/mol. The van der Waals surface area contributed by atoms with Crippen molar-refractivity contribution in [3.05, 3.63) is 11.6 Å². The molecule has 0 aliphatic heterocycles. The Hall–Kier alpha value is -0.790. The third-order valence-electron chi connectivity index (χ3n) is 10.2. The van der Waals surface area contributed by atoms with Crippen LogP contribution < -0.4 is 0 Å². The zero-order chi connectivity index (χ0) is 21.7. The highest BCUT2D eigenvalue weighted by molar-refractivity contribution is 5.66. The van der Waals surface area contributed by atoms with Crippen LogP contribution in [-0.2, 0) is 9.53 Å². The van der Waals surface area contributed by atoms with Gasteiger partial charge >= 0.3 is 5.97 Å². The molecule has 0 amide bonds. The molecular formula is C28H46O2. The SMILES string of the molecule is CC(=O)O[C@H]1CC[C@@]2(C)C(=C[C@H]3[C@H]2CC[C@]2(C)[C@@H]([C@@H](C)CCCC(C)C)CC[C@@H]32)C1. The van der Waals surface area contributed by atoms with Crippen LogP contribution in [-0.4, -0.2) is 12.1 Å². The number of carbonyl (C=O) groups excluding carboxylic acids is 1. The Balaban J connectivity index is 1.48. The van der Waals surface area contributed by atoms with E-state index in [2.05, 4.69) is 40.7 Å². The molecule has 30 heavy (non-hydrogen) atoms. The maximum atomic E-state index is 11.5. The van der Waals surface area contributed by atoms with Crippen molar-refractivity contribution in [3.63, 3.8) is 0 Å². The Morgan fingerprint density at radius 3 is 2.53 bits per heavy atom. The summed E-state index contributed by atoms with van der Waals surface area (Å²) >= 11 is 0. The van der Waals surface area contributed by atoms with Crippen LogP contribution in [0.3, 0.4) is 0 Å². The molecule has 0 aromatic heterocycles. The molecule has 0 N–H and O–H groups in total. The van der Waals surface area contributed by atoms with Gasteiger partial charge in [0, 0.05) is 13.3 Å². The smallest absolute Gasteiger partial charge is 0.302 e. The van der Waals surface area contributed by atoms with E-state index in [-0.39, 0.29) is 12.1 Å². The molecule has 2 nitrogen and oxygen atoms in total. The van der Waals surface area contributed by atoms with Crippen molar-refractivity contribution in [1.82, 2.24) is 0 Å². The number of carbonyl (C=O) groups is 1. The fourth-order valence-electron chi connectivity index (χ4n) is 8.65. The van der Waals surface area contributed by atoms with E-state index in [0.29, 0.717) is 10.8 Å². The number of hydrogen-bond acceptors (Lipinski definition) is 2. The fourth-order valence-corrected chi connectivity index (χ4v) is 8.65. The molecular weight excluding hydrogens is 368 g/mol. The van der Waals surface area contributed by atoms with Crippen LogP contribution in [0.4, 0.5) is 0 Å². The summed E-state index contributed by atoms with van der Waals surface area (Å²) in [5, 5.41) is 0. The summed E-state index contributed by atoms with van der Waals surface area (Å²) < 4.78 is 5.63. The lowest BCUT2D eigenvalue weighted by molar-refractivity contribution is -0.148. The Labute approximate surface area is 185 Å². The van der Waals surface area contributed by atoms with Crippen LogP contribution in [0.1, 0.15) is 106 Å². The van der Waals surface area contributed by atoms with E-state index in [1.165, 1.54) is 51.4 Å². The largest absolute Gasteiger partial charge is 0.462 e. The number of rotatable bonds is 6. The lowest BCUT2D eigenvalue weighted by Gasteiger charge is -2.52. The highest BCUT2D eigenvalue weighted by Gasteiger charge is 2.60. The molecule has 0 aromatic carbocycles. The predicted octanol–water partition coefficient (Wildman–Crippen LogP) is 7.57. The lowest BCUT2D eigenvalue weighted by Crippen LogP contribution is -2.45. The van der Waals surface area contributed by atoms with Gasteiger partial charge in [0.05, 0.1) is 0 Å². The molecule has 0 heterocycles. The van der Waals surface area contributed by atoms with E-state index in [9.17, 15) is 4.79 Å². The standard InChI is InChI=1S/C28H46O2/c1-18(2)8-7-9-19(3)24-10-11-25-23-17-21-16-22(30-20(4)29)12-14-27(21,5)26(23)13-15-28(24,25)6/h17-19,22-26H,7-16H2,1-6H3/t19-,22-,23+,24+,25-,26+,27-,28+/m0/s1. The van der Waals surface area contributed by atoms with E-state index in [1.54, 1.807) is 12.5 Å². The molecule has 0 bridgehead atoms. The second kappa shape index (κ2) is 8.28. The van der Waals surface area contributed by atoms with Crippen molar-refractivity contribution in [2.45, 2.75) is 112 Å². The molecule has 8 atom stereocenters. The molecule has 0 radical (unpaired) electrons. The van der Waals surface area contributed by atoms with E-state index in [0.717, 1.165) is 48.3 Å². The Bertz CT molecular complexity index is 678. The minimum Gasteiger partial charge on any atom is -0.462 e. The quantitative estimate of drug-likeness (QED) is 0.331. The van der Waals surface area contributed by atoms with Crippen molar-refractivity contribution in [3.8, 4) is 0 Å². The van der Waals surface area contributed by atoms with Gasteiger partial charge in [0.2, 0.25) is 0 Å². The molecule has 170 valence electrons. The maximum Gasteiger partial charge on any atom is 0.302 e. The monoisotopic (exact) mass is 414 g/mol. The summed E-state index contributed by atoms with van der Waals surface area (Å²) in [5.41, 5.74) is 2.53. The van der Waals surface area contributed by atoms with Crippen LogP contribution in [0, 0.1) is 46.3 Å². The first kappa shape index (κ1) is 22.4. The molecule has 2 heteroatoms. The fraction of sp³-hybridized carbons (Fsp3) is 0.893. The zero-order valence-electron chi connectivity index (χ0n) is 20.5. The Morgan fingerprint density at radius 2 is 1.83 bits per heavy atom. The Morgan fingerprint density at radius 1 is 1.07 bits per heavy atom. The number of allylic oxidation sites excluding steroid dienone is 1. The van der Waals surface area contributed by atoms with Crippen molar-refractivity contribution in [1.29, 1.82) is 0 Å². The normalized spacial score (nSPS) is 43.6. The van der Waals surface area contributed by atoms with Crippen molar-refractivity contribution in [2.24, 2.45) is 46.3 Å². The molecule has 0 aromatic rings. The molecule has 0 spiro atoms. The van der Waals surface area contributed by atoms with Gasteiger partial charge in [-0.15, -0.1) is 0 Å². The zero-order valence-corrected chi connectivity index (χ0v) is 20.5. The third kappa shape index (κ3) is 3.79. The molecule has 4 aliphatic carbocycles. The van der Waals surface area contributed by atoms with Crippen LogP contribution in [0.5, 0.6) is 0 Å². The van der Waals surface area contributed by atoms with E-state index < -0.39 is 0 Å². The summed E-state index contributed by atoms with van der Waals surface area (Å²) in [6.45, 7) is 14.0. The second-order valence-corrected chi connectivity index (χ2v) is 12.4. The van der Waals surface area contributed by atoms with Gasteiger partial charge in [-0.1, -0.05) is 65.5 Å². The van der Waals surface area contributed by atoms with E-state index >= 15 is 0 Å². The summed E-state index contributed by atoms with van der Waals surface area (Å²) in [6.07, 6.45) is 16.0. The first-order chi connectivity index (χ1) is 14.1. The number of fused-ring (bicyclic) bond motifs is 5.